The van der Waals surface area contributed by atoms with Gasteiger partial charge in [-0.05, 0) is 25.1 Å². The van der Waals surface area contributed by atoms with Crippen LogP contribution < -0.4 is 5.32 Å². The van der Waals surface area contributed by atoms with E-state index in [-0.39, 0.29) is 6.04 Å². The van der Waals surface area contributed by atoms with Crippen molar-refractivity contribution in [2.75, 3.05) is 20.1 Å². The minimum absolute atomic E-state index is 0.0200. The van der Waals surface area contributed by atoms with Gasteiger partial charge in [-0.25, -0.2) is 13.4 Å². The number of aromatic nitrogens is 2. The third-order valence-corrected chi connectivity index (χ3v) is 5.57. The van der Waals surface area contributed by atoms with Gasteiger partial charge >= 0.3 is 0 Å². The van der Waals surface area contributed by atoms with E-state index >= 15 is 0 Å². The van der Waals surface area contributed by atoms with Gasteiger partial charge in [-0.15, -0.1) is 0 Å². The Bertz CT molecular complexity index is 689. The fourth-order valence-corrected chi connectivity index (χ4v) is 3.98. The average Bonchev–Trinajstić information content (AvgIpc) is 3.07. The maximum atomic E-state index is 12.6. The molecule has 2 aromatic heterocycles. The lowest BCUT2D eigenvalue weighted by Crippen LogP contribution is -2.38. The maximum Gasteiger partial charge on any atom is 0.245 e. The second-order valence-electron chi connectivity index (χ2n) is 4.72. The molecule has 1 aliphatic rings. The number of pyridine rings is 1. The van der Waals surface area contributed by atoms with Crippen molar-refractivity contribution in [1.29, 1.82) is 0 Å². The highest BCUT2D eigenvalue weighted by Crippen LogP contribution is 2.25. The molecule has 0 spiro atoms. The van der Waals surface area contributed by atoms with Crippen molar-refractivity contribution in [2.45, 2.75) is 17.4 Å². The molecule has 19 heavy (non-hydrogen) atoms. The minimum atomic E-state index is -3.48. The Morgan fingerprint density at radius 3 is 3.05 bits per heavy atom. The first-order valence-electron chi connectivity index (χ1n) is 6.21. The summed E-state index contributed by atoms with van der Waals surface area (Å²) in [6.45, 7) is 1.57. The Morgan fingerprint density at radius 1 is 1.47 bits per heavy atom. The minimum Gasteiger partial charge on any atom is -0.345 e. The second kappa shape index (κ2) is 4.59. The van der Waals surface area contributed by atoms with E-state index in [0.717, 1.165) is 13.0 Å². The molecule has 0 amide bonds. The molecule has 102 valence electrons. The topological polar surface area (TPSA) is 78.1 Å². The molecular formula is C12H16N4O2S. The van der Waals surface area contributed by atoms with Crippen LogP contribution in [0.2, 0.25) is 0 Å². The first kappa shape index (κ1) is 12.6. The van der Waals surface area contributed by atoms with Crippen LogP contribution in [-0.2, 0) is 10.0 Å². The summed E-state index contributed by atoms with van der Waals surface area (Å²) in [6.07, 6.45) is 4.00. The number of sulfonamides is 1. The number of hydrogen-bond acceptors (Lipinski definition) is 4. The molecule has 1 atom stereocenters. The van der Waals surface area contributed by atoms with E-state index in [4.69, 9.17) is 0 Å². The molecule has 0 aromatic carbocycles. The van der Waals surface area contributed by atoms with Crippen molar-refractivity contribution in [2.24, 2.45) is 0 Å². The Morgan fingerprint density at radius 2 is 2.32 bits per heavy atom. The molecule has 0 radical (unpaired) electrons. The molecule has 3 rings (SSSR count). The number of hydrogen-bond donors (Lipinski definition) is 2. The highest BCUT2D eigenvalue weighted by Gasteiger charge is 2.31. The van der Waals surface area contributed by atoms with E-state index < -0.39 is 10.0 Å². The van der Waals surface area contributed by atoms with Gasteiger partial charge in [0.2, 0.25) is 10.0 Å². The normalized spacial score (nSPS) is 20.4. The van der Waals surface area contributed by atoms with Crippen LogP contribution in [0, 0.1) is 0 Å². The summed E-state index contributed by atoms with van der Waals surface area (Å²) in [5, 5.41) is 3.82. The Hall–Kier alpha value is -1.44. The lowest BCUT2D eigenvalue weighted by molar-refractivity contribution is 0.388. The fraction of sp³-hybridized carbons (Fsp3) is 0.417. The third-order valence-electron chi connectivity index (χ3n) is 3.62. The highest BCUT2D eigenvalue weighted by atomic mass is 32.2. The number of likely N-dealkylation sites (N-methyl/N-ethyl adjacent to an activating group) is 1. The quantitative estimate of drug-likeness (QED) is 0.860. The first-order chi connectivity index (χ1) is 9.10. The van der Waals surface area contributed by atoms with E-state index in [1.165, 1.54) is 10.5 Å². The molecule has 1 saturated heterocycles. The number of nitrogens with one attached hydrogen (secondary N) is 2. The molecule has 2 aromatic rings. The van der Waals surface area contributed by atoms with E-state index in [9.17, 15) is 8.42 Å². The van der Waals surface area contributed by atoms with Gasteiger partial charge in [0.05, 0.1) is 0 Å². The predicted octanol–water partition coefficient (Wildman–Crippen LogP) is 0.545. The van der Waals surface area contributed by atoms with Gasteiger partial charge in [-0.3, -0.25) is 0 Å². The van der Waals surface area contributed by atoms with Crippen molar-refractivity contribution in [3.05, 3.63) is 24.5 Å². The molecule has 1 fully saturated rings. The predicted molar refractivity (Wildman–Crippen MR) is 72.3 cm³/mol. The van der Waals surface area contributed by atoms with Crippen molar-refractivity contribution < 1.29 is 8.42 Å². The lowest BCUT2D eigenvalue weighted by Gasteiger charge is -2.22. The standard InChI is InChI=1S/C12H16N4O2S/c1-16(9-4-6-13-7-9)19(17,18)11-8-15-12-10(11)3-2-5-14-12/h2-3,5,8-9,13H,4,6-7H2,1H3,(H,14,15). The molecule has 7 heteroatoms. The Balaban J connectivity index is 2.04. The van der Waals surface area contributed by atoms with Crippen LogP contribution in [-0.4, -0.2) is 48.9 Å². The summed E-state index contributed by atoms with van der Waals surface area (Å²) >= 11 is 0. The van der Waals surface area contributed by atoms with E-state index in [1.54, 1.807) is 25.4 Å². The van der Waals surface area contributed by atoms with Crippen molar-refractivity contribution >= 4 is 21.1 Å². The zero-order chi connectivity index (χ0) is 13.5. The fourth-order valence-electron chi connectivity index (χ4n) is 2.45. The van der Waals surface area contributed by atoms with Crippen LogP contribution in [0.3, 0.4) is 0 Å². The van der Waals surface area contributed by atoms with Crippen LogP contribution >= 0.6 is 0 Å². The monoisotopic (exact) mass is 280 g/mol. The zero-order valence-electron chi connectivity index (χ0n) is 10.6. The number of aromatic amines is 1. The largest absolute Gasteiger partial charge is 0.345 e. The van der Waals surface area contributed by atoms with Gasteiger partial charge in [-0.1, -0.05) is 0 Å². The molecule has 0 bridgehead atoms. The van der Waals surface area contributed by atoms with Crippen LogP contribution in [0.25, 0.3) is 11.0 Å². The molecule has 2 N–H and O–H groups in total. The Labute approximate surface area is 111 Å². The molecule has 6 nitrogen and oxygen atoms in total. The number of nitrogens with zero attached hydrogens (tertiary/aromatic N) is 2. The maximum absolute atomic E-state index is 12.6. The van der Waals surface area contributed by atoms with Crippen LogP contribution in [0.15, 0.2) is 29.4 Å². The van der Waals surface area contributed by atoms with Gasteiger partial charge in [0.1, 0.15) is 10.5 Å². The summed E-state index contributed by atoms with van der Waals surface area (Å²) in [5.74, 6) is 0. The molecule has 0 saturated carbocycles. The van der Waals surface area contributed by atoms with Crippen LogP contribution in [0.4, 0.5) is 0 Å². The molecule has 3 heterocycles. The van der Waals surface area contributed by atoms with Gasteiger partial charge in [0, 0.05) is 37.4 Å². The number of H-pyrrole nitrogens is 1. The van der Waals surface area contributed by atoms with Crippen molar-refractivity contribution in [3.63, 3.8) is 0 Å². The molecular weight excluding hydrogens is 264 g/mol. The summed E-state index contributed by atoms with van der Waals surface area (Å²) in [6, 6.07) is 3.53. The van der Waals surface area contributed by atoms with Crippen LogP contribution in [0.5, 0.6) is 0 Å². The van der Waals surface area contributed by atoms with E-state index in [1.807, 2.05) is 0 Å². The summed E-state index contributed by atoms with van der Waals surface area (Å²) < 4.78 is 26.8. The number of fused-ring (bicyclic) bond motifs is 1. The van der Waals surface area contributed by atoms with E-state index in [0.29, 0.717) is 22.5 Å². The molecule has 1 unspecified atom stereocenters. The highest BCUT2D eigenvalue weighted by molar-refractivity contribution is 7.89. The zero-order valence-corrected chi connectivity index (χ0v) is 11.4. The third kappa shape index (κ3) is 2.03. The smallest absolute Gasteiger partial charge is 0.245 e. The summed E-state index contributed by atoms with van der Waals surface area (Å²) in [7, 11) is -1.84. The lowest BCUT2D eigenvalue weighted by atomic mass is 10.3. The second-order valence-corrected chi connectivity index (χ2v) is 6.69. The van der Waals surface area contributed by atoms with Gasteiger partial charge in [-0.2, -0.15) is 4.31 Å². The van der Waals surface area contributed by atoms with Gasteiger partial charge in [0.25, 0.3) is 0 Å². The average molecular weight is 280 g/mol. The van der Waals surface area contributed by atoms with E-state index in [2.05, 4.69) is 15.3 Å². The molecule has 1 aliphatic heterocycles. The summed E-state index contributed by atoms with van der Waals surface area (Å²) in [4.78, 5) is 7.32. The first-order valence-corrected chi connectivity index (χ1v) is 7.65. The van der Waals surface area contributed by atoms with Crippen molar-refractivity contribution in [1.82, 2.24) is 19.6 Å². The van der Waals surface area contributed by atoms with Gasteiger partial charge < -0.3 is 10.3 Å². The number of rotatable bonds is 3. The summed E-state index contributed by atoms with van der Waals surface area (Å²) in [5.41, 5.74) is 0.596. The van der Waals surface area contributed by atoms with Crippen molar-refractivity contribution in [3.8, 4) is 0 Å². The SMILES string of the molecule is CN(C1CCNC1)S(=O)(=O)c1c[nH]c2ncccc12. The Kier molecular flexibility index (Phi) is 3.04. The van der Waals surface area contributed by atoms with Gasteiger partial charge in [0.15, 0.2) is 0 Å². The van der Waals surface area contributed by atoms with Crippen LogP contribution in [0.1, 0.15) is 6.42 Å². The molecule has 0 aliphatic carbocycles.